The summed E-state index contributed by atoms with van der Waals surface area (Å²) in [6.45, 7) is 39.3. The SMILES string of the molecule is CC(C)C1CCN(C(C)CC2CCN(C(C)CCC(C)N3CCC(Cc4ncc5n4CCC(C(C)CC(c4ncc6n4CCC(C(C)C)C6)N4CCN(C(C)C)CC4)C5)CC3)CC2)CC1. The Hall–Kier alpha value is -1.78. The zero-order valence-electron chi connectivity index (χ0n) is 43.8. The van der Waals surface area contributed by atoms with E-state index < -0.39 is 0 Å². The summed E-state index contributed by atoms with van der Waals surface area (Å²) < 4.78 is 5.31. The summed E-state index contributed by atoms with van der Waals surface area (Å²) in [7, 11) is 0. The van der Waals surface area contributed by atoms with E-state index in [0.717, 1.165) is 74.1 Å². The molecule has 4 fully saturated rings. The molecule has 0 N–H and O–H groups in total. The number of piperidine rings is 3. The second-order valence-corrected chi connectivity index (χ2v) is 24.4. The molecule has 0 bridgehead atoms. The predicted molar refractivity (Wildman–Crippen MR) is 271 cm³/mol. The molecule has 65 heavy (non-hydrogen) atoms. The average molecular weight is 898 g/mol. The van der Waals surface area contributed by atoms with Crippen molar-refractivity contribution >= 4 is 0 Å². The quantitative estimate of drug-likeness (QED) is 0.148. The third-order valence-corrected chi connectivity index (χ3v) is 19.4. The summed E-state index contributed by atoms with van der Waals surface area (Å²) in [4.78, 5) is 24.4. The first-order chi connectivity index (χ1) is 31.3. The van der Waals surface area contributed by atoms with Crippen molar-refractivity contribution in [2.75, 3.05) is 65.4 Å². The van der Waals surface area contributed by atoms with Crippen LogP contribution >= 0.6 is 0 Å². The first kappa shape index (κ1) is 49.6. The van der Waals surface area contributed by atoms with Gasteiger partial charge in [-0.1, -0.05) is 34.6 Å². The van der Waals surface area contributed by atoms with Crippen molar-refractivity contribution in [3.05, 3.63) is 35.4 Å². The normalized spacial score (nSPS) is 27.0. The number of hydrogen-bond donors (Lipinski definition) is 0. The van der Waals surface area contributed by atoms with Gasteiger partial charge in [-0.05, 0) is 211 Å². The van der Waals surface area contributed by atoms with Gasteiger partial charge in [0.05, 0.1) is 6.04 Å². The highest BCUT2D eigenvalue weighted by Crippen LogP contribution is 2.39. The first-order valence-corrected chi connectivity index (χ1v) is 28.1. The molecule has 2 aromatic rings. The maximum Gasteiger partial charge on any atom is 0.126 e. The number of nitrogens with zero attached hydrogens (tertiary/aromatic N) is 9. The number of likely N-dealkylation sites (tertiary alicyclic amines) is 3. The Morgan fingerprint density at radius 1 is 0.477 bits per heavy atom. The minimum Gasteiger partial charge on any atom is -0.332 e. The molecule has 0 saturated carbocycles. The maximum atomic E-state index is 5.27. The van der Waals surface area contributed by atoms with Crippen molar-refractivity contribution in [3.63, 3.8) is 0 Å². The lowest BCUT2D eigenvalue weighted by Gasteiger charge is -2.42. The van der Waals surface area contributed by atoms with Crippen molar-refractivity contribution < 1.29 is 0 Å². The van der Waals surface area contributed by atoms with E-state index in [1.54, 1.807) is 0 Å². The van der Waals surface area contributed by atoms with Crippen molar-refractivity contribution in [2.24, 2.45) is 47.3 Å². The van der Waals surface area contributed by atoms with Gasteiger partial charge < -0.3 is 23.8 Å². The zero-order valence-corrected chi connectivity index (χ0v) is 43.8. The first-order valence-electron chi connectivity index (χ1n) is 28.1. The average Bonchev–Trinajstić information content (AvgIpc) is 3.93. The summed E-state index contributed by atoms with van der Waals surface area (Å²) in [5.74, 6) is 9.13. The number of piperazine rings is 1. The molecule has 368 valence electrons. The van der Waals surface area contributed by atoms with Crippen LogP contribution in [0.3, 0.4) is 0 Å². The molecule has 8 heterocycles. The minimum absolute atomic E-state index is 0.410. The molecule has 2 aromatic heterocycles. The fourth-order valence-electron chi connectivity index (χ4n) is 14.1. The Balaban J connectivity index is 0.764. The van der Waals surface area contributed by atoms with Crippen LogP contribution in [0.15, 0.2) is 12.4 Å². The molecule has 6 aliphatic rings. The summed E-state index contributed by atoms with van der Waals surface area (Å²) in [5, 5.41) is 0. The lowest BCUT2D eigenvalue weighted by atomic mass is 9.81. The van der Waals surface area contributed by atoms with E-state index in [-0.39, 0.29) is 0 Å². The van der Waals surface area contributed by atoms with Gasteiger partial charge in [0.2, 0.25) is 0 Å². The monoisotopic (exact) mass is 898 g/mol. The number of imidazole rings is 2. The van der Waals surface area contributed by atoms with E-state index in [0.29, 0.717) is 36.0 Å². The van der Waals surface area contributed by atoms with Gasteiger partial charge in [-0.3, -0.25) is 9.80 Å². The summed E-state index contributed by atoms with van der Waals surface area (Å²) in [5.41, 5.74) is 2.98. The highest BCUT2D eigenvalue weighted by atomic mass is 15.3. The molecule has 9 heteroatoms. The van der Waals surface area contributed by atoms with Crippen LogP contribution in [0.5, 0.6) is 0 Å². The molecule has 8 rings (SSSR count). The Morgan fingerprint density at radius 3 is 1.58 bits per heavy atom. The van der Waals surface area contributed by atoms with Crippen LogP contribution in [0.2, 0.25) is 0 Å². The van der Waals surface area contributed by atoms with E-state index in [9.17, 15) is 0 Å². The molecule has 7 atom stereocenters. The van der Waals surface area contributed by atoms with E-state index in [4.69, 9.17) is 9.97 Å². The molecular weight excluding hydrogens is 799 g/mol. The van der Waals surface area contributed by atoms with Crippen molar-refractivity contribution in [1.82, 2.24) is 43.6 Å². The van der Waals surface area contributed by atoms with Crippen LogP contribution in [-0.4, -0.2) is 133 Å². The standard InChI is InChI=1S/C56H99N9/c1-40(2)49-17-25-62(26-18-49)46(10)34-47-13-21-60(22-14-47)44(8)11-12-45(9)61-23-15-48(16-24-61)35-55-57-38-52-37-51(20-27-64(52)55)43(7)33-54(63-31-29-59(30-32-63)42(5)6)56-58-39-53-36-50(41(3)4)19-28-65(53)56/h38-51,54H,11-37H2,1-10H3. The predicted octanol–water partition coefficient (Wildman–Crippen LogP) is 10.3. The van der Waals surface area contributed by atoms with Gasteiger partial charge in [-0.2, -0.15) is 0 Å². The Kier molecular flexibility index (Phi) is 17.4. The van der Waals surface area contributed by atoms with E-state index in [2.05, 4.69) is 115 Å². The molecule has 0 radical (unpaired) electrons. The highest BCUT2D eigenvalue weighted by molar-refractivity contribution is 5.14. The molecule has 9 nitrogen and oxygen atoms in total. The van der Waals surface area contributed by atoms with Crippen LogP contribution < -0.4 is 0 Å². The third kappa shape index (κ3) is 12.3. The van der Waals surface area contributed by atoms with Crippen molar-refractivity contribution in [3.8, 4) is 0 Å². The molecule has 6 aliphatic heterocycles. The zero-order chi connectivity index (χ0) is 45.8. The highest BCUT2D eigenvalue weighted by Gasteiger charge is 2.36. The molecule has 0 aromatic carbocycles. The Morgan fingerprint density at radius 2 is 0.969 bits per heavy atom. The third-order valence-electron chi connectivity index (χ3n) is 19.4. The topological polar surface area (TPSA) is 51.8 Å². The Bertz CT molecular complexity index is 1710. The molecule has 0 aliphatic carbocycles. The lowest BCUT2D eigenvalue weighted by Crippen LogP contribution is -2.50. The fourth-order valence-corrected chi connectivity index (χ4v) is 14.1. The van der Waals surface area contributed by atoms with Gasteiger partial charge >= 0.3 is 0 Å². The van der Waals surface area contributed by atoms with Crippen LogP contribution in [0.4, 0.5) is 0 Å². The van der Waals surface area contributed by atoms with Crippen LogP contribution in [0.25, 0.3) is 0 Å². The van der Waals surface area contributed by atoms with Crippen molar-refractivity contribution in [2.45, 2.75) is 209 Å². The Labute approximate surface area is 399 Å². The van der Waals surface area contributed by atoms with E-state index in [1.165, 1.54) is 165 Å². The summed E-state index contributed by atoms with van der Waals surface area (Å²) >= 11 is 0. The second-order valence-electron chi connectivity index (χ2n) is 24.4. The summed E-state index contributed by atoms with van der Waals surface area (Å²) in [6.07, 6.45) is 24.2. The molecule has 0 amide bonds. The van der Waals surface area contributed by atoms with Crippen molar-refractivity contribution in [1.29, 1.82) is 0 Å². The minimum atomic E-state index is 0.410. The van der Waals surface area contributed by atoms with Gasteiger partial charge in [0, 0.05) is 93.6 Å². The smallest absolute Gasteiger partial charge is 0.126 e. The summed E-state index contributed by atoms with van der Waals surface area (Å²) in [6, 6.07) is 3.20. The van der Waals surface area contributed by atoms with E-state index in [1.807, 2.05) is 0 Å². The van der Waals surface area contributed by atoms with Gasteiger partial charge in [-0.15, -0.1) is 0 Å². The van der Waals surface area contributed by atoms with Crippen LogP contribution in [0.1, 0.15) is 175 Å². The van der Waals surface area contributed by atoms with Gasteiger partial charge in [0.1, 0.15) is 11.6 Å². The van der Waals surface area contributed by atoms with Crippen LogP contribution in [0, 0.1) is 47.3 Å². The van der Waals surface area contributed by atoms with Gasteiger partial charge in [0.25, 0.3) is 0 Å². The number of rotatable bonds is 18. The maximum absolute atomic E-state index is 5.27. The fraction of sp³-hybridized carbons (Fsp3) is 0.893. The molecular formula is C56H99N9. The van der Waals surface area contributed by atoms with Gasteiger partial charge in [0.15, 0.2) is 0 Å². The second kappa shape index (κ2) is 22.8. The largest absolute Gasteiger partial charge is 0.332 e. The van der Waals surface area contributed by atoms with E-state index >= 15 is 0 Å². The molecule has 0 spiro atoms. The van der Waals surface area contributed by atoms with Gasteiger partial charge in [-0.25, -0.2) is 9.97 Å². The lowest BCUT2D eigenvalue weighted by molar-refractivity contribution is 0.0586. The van der Waals surface area contributed by atoms with Crippen LogP contribution in [-0.2, 0) is 32.4 Å². The molecule has 7 unspecified atom stereocenters. The molecule has 4 saturated heterocycles. The number of fused-ring (bicyclic) bond motifs is 2. The number of hydrogen-bond acceptors (Lipinski definition) is 7. The number of aromatic nitrogens is 4.